The van der Waals surface area contributed by atoms with Crippen molar-refractivity contribution in [1.29, 1.82) is 0 Å². The molecule has 0 saturated carbocycles. The van der Waals surface area contributed by atoms with Crippen LogP contribution in [0.5, 0.6) is 0 Å². The van der Waals surface area contributed by atoms with Crippen LogP contribution >= 0.6 is 0 Å². The molecule has 0 saturated heterocycles. The molecule has 3 aromatic rings. The number of benzene rings is 2. The summed E-state index contributed by atoms with van der Waals surface area (Å²) in [7, 11) is 0. The Labute approximate surface area is 169 Å². The lowest BCUT2D eigenvalue weighted by molar-refractivity contribution is -0.122. The first-order valence-corrected chi connectivity index (χ1v) is 9.54. The summed E-state index contributed by atoms with van der Waals surface area (Å²) >= 11 is 0. The number of amides is 1. The Hall–Kier alpha value is -3.28. The van der Waals surface area contributed by atoms with Gasteiger partial charge in [0.1, 0.15) is 5.82 Å². The third-order valence-electron chi connectivity index (χ3n) is 4.97. The summed E-state index contributed by atoms with van der Waals surface area (Å²) in [6.07, 6.45) is 0.120. The van der Waals surface area contributed by atoms with Crippen molar-refractivity contribution in [3.05, 3.63) is 87.5 Å². The molecule has 0 unspecified atom stereocenters. The maximum absolute atomic E-state index is 13.0. The largest absolute Gasteiger partial charge is 0.350 e. The molecule has 0 bridgehead atoms. The van der Waals surface area contributed by atoms with E-state index in [2.05, 4.69) is 10.4 Å². The number of carbonyl (C=O) groups excluding carboxylic acids is 1. The molecule has 0 fully saturated rings. The van der Waals surface area contributed by atoms with Gasteiger partial charge in [0, 0.05) is 18.1 Å². The zero-order valence-electron chi connectivity index (χ0n) is 16.8. The number of nitrogens with one attached hydrogen (secondary N) is 1. The first kappa shape index (κ1) is 20.5. The molecule has 1 heterocycles. The van der Waals surface area contributed by atoms with E-state index in [9.17, 15) is 14.0 Å². The minimum atomic E-state index is -0.318. The highest BCUT2D eigenvalue weighted by Crippen LogP contribution is 2.19. The van der Waals surface area contributed by atoms with E-state index in [-0.39, 0.29) is 36.3 Å². The molecule has 1 aromatic heterocycles. The Balaban J connectivity index is 1.66. The summed E-state index contributed by atoms with van der Waals surface area (Å²) in [5.74, 6) is -0.520. The number of hydrogen-bond donors (Lipinski definition) is 1. The fraction of sp³-hybridized carbons (Fsp3) is 0.261. The molecular weight excluding hydrogens is 369 g/mol. The van der Waals surface area contributed by atoms with Crippen molar-refractivity contribution in [1.82, 2.24) is 15.1 Å². The summed E-state index contributed by atoms with van der Waals surface area (Å²) in [5, 5.41) is 7.28. The van der Waals surface area contributed by atoms with Crippen LogP contribution in [0.1, 0.15) is 36.1 Å². The Bertz CT molecular complexity index is 1070. The van der Waals surface area contributed by atoms with Crippen molar-refractivity contribution in [2.75, 3.05) is 0 Å². The van der Waals surface area contributed by atoms with Crippen molar-refractivity contribution in [3.63, 3.8) is 0 Å². The molecule has 0 aliphatic rings. The van der Waals surface area contributed by atoms with Crippen LogP contribution in [0, 0.1) is 19.7 Å². The van der Waals surface area contributed by atoms with Crippen molar-refractivity contribution in [2.45, 2.75) is 39.8 Å². The van der Waals surface area contributed by atoms with Gasteiger partial charge in [0.15, 0.2) is 0 Å². The Morgan fingerprint density at radius 1 is 1.07 bits per heavy atom. The van der Waals surface area contributed by atoms with E-state index in [1.165, 1.54) is 28.4 Å². The molecule has 6 heteroatoms. The molecule has 0 spiro atoms. The third kappa shape index (κ3) is 5.16. The molecule has 29 heavy (non-hydrogen) atoms. The van der Waals surface area contributed by atoms with Gasteiger partial charge >= 0.3 is 0 Å². The average Bonchev–Trinajstić information content (AvgIpc) is 2.70. The van der Waals surface area contributed by atoms with Crippen molar-refractivity contribution in [2.24, 2.45) is 0 Å². The topological polar surface area (TPSA) is 64.0 Å². The van der Waals surface area contributed by atoms with Gasteiger partial charge in [0.2, 0.25) is 5.91 Å². The summed E-state index contributed by atoms with van der Waals surface area (Å²) in [4.78, 5) is 24.4. The number of aromatic nitrogens is 2. The lowest BCUT2D eigenvalue weighted by atomic mass is 10.0. The fourth-order valence-electron chi connectivity index (χ4n) is 3.02. The van der Waals surface area contributed by atoms with Gasteiger partial charge in [-0.1, -0.05) is 24.3 Å². The molecule has 1 atom stereocenters. The second-order valence-corrected chi connectivity index (χ2v) is 7.17. The molecular formula is C23H24FN3O2. The molecule has 2 aromatic carbocycles. The predicted octanol–water partition coefficient (Wildman–Crippen LogP) is 3.93. The standard InChI is InChI=1S/C23H24FN3O2/c1-15-4-5-19(14-16(15)2)21-10-11-23(29)27(26-21)13-12-22(28)25-17(3)18-6-8-20(24)9-7-18/h4-11,14,17H,12-13H2,1-3H3,(H,25,28)/t17-/m0/s1. The molecule has 1 amide bonds. The summed E-state index contributed by atoms with van der Waals surface area (Å²) in [6.45, 7) is 6.08. The van der Waals surface area contributed by atoms with E-state index < -0.39 is 0 Å². The van der Waals surface area contributed by atoms with Crippen LogP contribution in [0.4, 0.5) is 4.39 Å². The molecule has 5 nitrogen and oxygen atoms in total. The minimum absolute atomic E-state index is 0.120. The van der Waals surface area contributed by atoms with Crippen molar-refractivity contribution < 1.29 is 9.18 Å². The van der Waals surface area contributed by atoms with Gasteiger partial charge in [-0.3, -0.25) is 9.59 Å². The van der Waals surface area contributed by atoms with Gasteiger partial charge in [-0.15, -0.1) is 0 Å². The van der Waals surface area contributed by atoms with Crippen LogP contribution in [0.2, 0.25) is 0 Å². The quantitative estimate of drug-likeness (QED) is 0.690. The SMILES string of the molecule is Cc1ccc(-c2ccc(=O)n(CCC(=O)N[C@@H](C)c3ccc(F)cc3)n2)cc1C. The van der Waals surface area contributed by atoms with Gasteiger partial charge < -0.3 is 5.32 Å². The second kappa shape index (κ2) is 8.82. The number of hydrogen-bond acceptors (Lipinski definition) is 3. The van der Waals surface area contributed by atoms with E-state index in [4.69, 9.17) is 0 Å². The van der Waals surface area contributed by atoms with Gasteiger partial charge in [-0.2, -0.15) is 5.10 Å². The van der Waals surface area contributed by atoms with E-state index >= 15 is 0 Å². The molecule has 150 valence electrons. The third-order valence-corrected chi connectivity index (χ3v) is 4.97. The van der Waals surface area contributed by atoms with Gasteiger partial charge in [-0.05, 0) is 61.7 Å². The van der Waals surface area contributed by atoms with Crippen LogP contribution in [-0.4, -0.2) is 15.7 Å². The highest BCUT2D eigenvalue weighted by Gasteiger charge is 2.11. The first-order valence-electron chi connectivity index (χ1n) is 9.54. The zero-order valence-corrected chi connectivity index (χ0v) is 16.8. The van der Waals surface area contributed by atoms with E-state index in [0.717, 1.165) is 16.7 Å². The number of nitrogens with zero attached hydrogens (tertiary/aromatic N) is 2. The Morgan fingerprint density at radius 2 is 1.79 bits per heavy atom. The summed E-state index contributed by atoms with van der Waals surface area (Å²) in [5.41, 5.74) is 4.51. The first-order chi connectivity index (χ1) is 13.8. The fourth-order valence-corrected chi connectivity index (χ4v) is 3.02. The number of rotatable bonds is 6. The number of halogens is 1. The minimum Gasteiger partial charge on any atom is -0.350 e. The van der Waals surface area contributed by atoms with Crippen LogP contribution < -0.4 is 10.9 Å². The zero-order chi connectivity index (χ0) is 21.0. The average molecular weight is 393 g/mol. The second-order valence-electron chi connectivity index (χ2n) is 7.17. The monoisotopic (exact) mass is 393 g/mol. The van der Waals surface area contributed by atoms with Crippen molar-refractivity contribution in [3.8, 4) is 11.3 Å². The van der Waals surface area contributed by atoms with Crippen molar-refractivity contribution >= 4 is 5.91 Å². The number of aryl methyl sites for hydroxylation is 3. The summed E-state index contributed by atoms with van der Waals surface area (Å²) in [6, 6.07) is 14.9. The summed E-state index contributed by atoms with van der Waals surface area (Å²) < 4.78 is 14.3. The van der Waals surface area contributed by atoms with Crippen LogP contribution in [0.3, 0.4) is 0 Å². The van der Waals surface area contributed by atoms with Crippen LogP contribution in [0.15, 0.2) is 59.4 Å². The van der Waals surface area contributed by atoms with E-state index in [1.54, 1.807) is 18.2 Å². The maximum Gasteiger partial charge on any atom is 0.266 e. The van der Waals surface area contributed by atoms with Crippen LogP contribution in [-0.2, 0) is 11.3 Å². The Kier molecular flexibility index (Phi) is 6.22. The number of carbonyl (C=O) groups is 1. The maximum atomic E-state index is 13.0. The molecule has 1 N–H and O–H groups in total. The smallest absolute Gasteiger partial charge is 0.266 e. The molecule has 0 aliphatic carbocycles. The van der Waals surface area contributed by atoms with Gasteiger partial charge in [0.05, 0.1) is 18.3 Å². The highest BCUT2D eigenvalue weighted by atomic mass is 19.1. The molecule has 3 rings (SSSR count). The lowest BCUT2D eigenvalue weighted by Gasteiger charge is -2.14. The van der Waals surface area contributed by atoms with E-state index in [0.29, 0.717) is 5.69 Å². The van der Waals surface area contributed by atoms with Gasteiger partial charge in [0.25, 0.3) is 5.56 Å². The lowest BCUT2D eigenvalue weighted by Crippen LogP contribution is -2.30. The molecule has 0 aliphatic heterocycles. The Morgan fingerprint density at radius 3 is 2.48 bits per heavy atom. The normalized spacial score (nSPS) is 11.9. The highest BCUT2D eigenvalue weighted by molar-refractivity contribution is 5.76. The predicted molar refractivity (Wildman–Crippen MR) is 111 cm³/mol. The van der Waals surface area contributed by atoms with Crippen LogP contribution in [0.25, 0.3) is 11.3 Å². The van der Waals surface area contributed by atoms with E-state index in [1.807, 2.05) is 39.0 Å². The van der Waals surface area contributed by atoms with Gasteiger partial charge in [-0.25, -0.2) is 9.07 Å². The molecule has 0 radical (unpaired) electrons.